The van der Waals surface area contributed by atoms with Crippen molar-refractivity contribution in [3.05, 3.63) is 24.3 Å². The molecule has 6 heteroatoms. The number of nitrogens with one attached hydrogen (secondary N) is 1. The van der Waals surface area contributed by atoms with Gasteiger partial charge in [-0.2, -0.15) is 0 Å². The fourth-order valence-electron chi connectivity index (χ4n) is 1.10. The minimum atomic E-state index is -0.513. The van der Waals surface area contributed by atoms with E-state index in [0.29, 0.717) is 0 Å². The number of carbonyl (C=O) groups excluding carboxylic acids is 2. The molecule has 1 amide bonds. The highest BCUT2D eigenvalue weighted by molar-refractivity contribution is 14.1. The van der Waals surface area contributed by atoms with Gasteiger partial charge in [0.25, 0.3) is 5.91 Å². The standard InChI is InChI=1S/C10H12IN3O2/c1-6(11)9(15)7(2)14-10(16)8-5-12-3-4-13-8/h3-7H,1-2H3,(H,14,16)/t6?,7-/m0/s1. The Bertz CT molecular complexity index is 381. The summed E-state index contributed by atoms with van der Waals surface area (Å²) in [4.78, 5) is 30.8. The van der Waals surface area contributed by atoms with Crippen molar-refractivity contribution >= 4 is 34.3 Å². The van der Waals surface area contributed by atoms with Crippen LogP contribution in [0.25, 0.3) is 0 Å². The third-order valence-corrected chi connectivity index (χ3v) is 2.58. The lowest BCUT2D eigenvalue weighted by molar-refractivity contribution is -0.119. The van der Waals surface area contributed by atoms with Gasteiger partial charge in [0, 0.05) is 12.4 Å². The van der Waals surface area contributed by atoms with Crippen molar-refractivity contribution in [2.24, 2.45) is 0 Å². The number of carbonyl (C=O) groups is 2. The van der Waals surface area contributed by atoms with Crippen LogP contribution in [-0.4, -0.2) is 31.6 Å². The number of alkyl halides is 1. The Morgan fingerprint density at radius 2 is 2.06 bits per heavy atom. The molecule has 0 aliphatic rings. The van der Waals surface area contributed by atoms with Crippen LogP contribution in [0.4, 0.5) is 0 Å². The molecule has 0 bridgehead atoms. The number of halogens is 1. The summed E-state index contributed by atoms with van der Waals surface area (Å²) >= 11 is 2.02. The Morgan fingerprint density at radius 3 is 2.56 bits per heavy atom. The predicted octanol–water partition coefficient (Wildman–Crippen LogP) is 0.987. The summed E-state index contributed by atoms with van der Waals surface area (Å²) in [5, 5.41) is 2.58. The lowest BCUT2D eigenvalue weighted by Crippen LogP contribution is -2.41. The summed E-state index contributed by atoms with van der Waals surface area (Å²) in [6, 6.07) is -0.513. The van der Waals surface area contributed by atoms with E-state index in [2.05, 4.69) is 15.3 Å². The van der Waals surface area contributed by atoms with Crippen molar-refractivity contribution < 1.29 is 9.59 Å². The van der Waals surface area contributed by atoms with E-state index in [0.717, 1.165) is 0 Å². The monoisotopic (exact) mass is 333 g/mol. The Kier molecular flexibility index (Phi) is 4.78. The summed E-state index contributed by atoms with van der Waals surface area (Å²) in [6.45, 7) is 3.44. The molecule has 1 rings (SSSR count). The van der Waals surface area contributed by atoms with Crippen molar-refractivity contribution in [1.82, 2.24) is 15.3 Å². The van der Waals surface area contributed by atoms with Crippen LogP contribution in [0.5, 0.6) is 0 Å². The van der Waals surface area contributed by atoms with Gasteiger partial charge in [0.05, 0.1) is 16.2 Å². The quantitative estimate of drug-likeness (QED) is 0.659. The topological polar surface area (TPSA) is 72.0 Å². The van der Waals surface area contributed by atoms with Crippen molar-refractivity contribution in [1.29, 1.82) is 0 Å². The van der Waals surface area contributed by atoms with Gasteiger partial charge in [-0.1, -0.05) is 22.6 Å². The van der Waals surface area contributed by atoms with E-state index in [9.17, 15) is 9.59 Å². The molecular formula is C10H12IN3O2. The number of ketones is 1. The zero-order valence-electron chi connectivity index (χ0n) is 8.98. The maximum atomic E-state index is 11.6. The molecule has 1 heterocycles. The first kappa shape index (κ1) is 13.0. The maximum absolute atomic E-state index is 11.6. The molecule has 2 atom stereocenters. The van der Waals surface area contributed by atoms with Gasteiger partial charge in [0.2, 0.25) is 0 Å². The second-order valence-corrected chi connectivity index (χ2v) is 5.17. The summed E-state index contributed by atoms with van der Waals surface area (Å²) in [6.07, 6.45) is 4.28. The number of aromatic nitrogens is 2. The second-order valence-electron chi connectivity index (χ2n) is 3.30. The molecule has 0 aromatic carbocycles. The Morgan fingerprint density at radius 1 is 1.38 bits per heavy atom. The van der Waals surface area contributed by atoms with Gasteiger partial charge in [0.1, 0.15) is 5.69 Å². The highest BCUT2D eigenvalue weighted by atomic mass is 127. The van der Waals surface area contributed by atoms with Gasteiger partial charge in [0.15, 0.2) is 5.78 Å². The molecule has 0 fully saturated rings. The smallest absolute Gasteiger partial charge is 0.272 e. The summed E-state index contributed by atoms with van der Waals surface area (Å²) < 4.78 is -0.130. The number of amides is 1. The second kappa shape index (κ2) is 5.88. The molecule has 0 radical (unpaired) electrons. The predicted molar refractivity (Wildman–Crippen MR) is 67.4 cm³/mol. The lowest BCUT2D eigenvalue weighted by Gasteiger charge is -2.13. The Hall–Kier alpha value is -1.05. The highest BCUT2D eigenvalue weighted by Crippen LogP contribution is 2.04. The molecule has 86 valence electrons. The minimum Gasteiger partial charge on any atom is -0.341 e. The first-order chi connectivity index (χ1) is 7.52. The van der Waals surface area contributed by atoms with Gasteiger partial charge >= 0.3 is 0 Å². The number of nitrogens with zero attached hydrogens (tertiary/aromatic N) is 2. The van der Waals surface area contributed by atoms with E-state index in [1.54, 1.807) is 13.8 Å². The SMILES string of the molecule is CC(I)C(=O)[C@H](C)NC(=O)c1cnccn1. The maximum Gasteiger partial charge on any atom is 0.272 e. The van der Waals surface area contributed by atoms with Crippen molar-refractivity contribution in [2.45, 2.75) is 23.8 Å². The molecule has 16 heavy (non-hydrogen) atoms. The third kappa shape index (κ3) is 3.51. The number of hydrogen-bond donors (Lipinski definition) is 1. The van der Waals surface area contributed by atoms with Crippen LogP contribution < -0.4 is 5.32 Å². The van der Waals surface area contributed by atoms with Crippen LogP contribution in [-0.2, 0) is 4.79 Å². The van der Waals surface area contributed by atoms with Gasteiger partial charge in [-0.25, -0.2) is 4.98 Å². The van der Waals surface area contributed by atoms with Gasteiger partial charge in [-0.3, -0.25) is 14.6 Å². The molecule has 1 aromatic heterocycles. The van der Waals surface area contributed by atoms with Crippen LogP contribution in [0.1, 0.15) is 24.3 Å². The molecule has 1 N–H and O–H groups in total. The first-order valence-corrected chi connectivity index (χ1v) is 6.01. The van der Waals surface area contributed by atoms with Crippen LogP contribution in [0.15, 0.2) is 18.6 Å². The molecule has 0 saturated carbocycles. The van der Waals surface area contributed by atoms with E-state index >= 15 is 0 Å². The van der Waals surface area contributed by atoms with Crippen molar-refractivity contribution in [3.63, 3.8) is 0 Å². The molecule has 0 saturated heterocycles. The van der Waals surface area contributed by atoms with Crippen LogP contribution >= 0.6 is 22.6 Å². The fourth-order valence-corrected chi connectivity index (χ4v) is 1.64. The summed E-state index contributed by atoms with van der Waals surface area (Å²) in [7, 11) is 0. The molecule has 1 unspecified atom stereocenters. The lowest BCUT2D eigenvalue weighted by atomic mass is 10.1. The summed E-state index contributed by atoms with van der Waals surface area (Å²) in [5.74, 6) is -0.399. The Labute approximate surface area is 107 Å². The molecule has 0 spiro atoms. The summed E-state index contributed by atoms with van der Waals surface area (Å²) in [5.41, 5.74) is 0.211. The molecule has 5 nitrogen and oxygen atoms in total. The van der Waals surface area contributed by atoms with Crippen LogP contribution in [0.2, 0.25) is 0 Å². The van der Waals surface area contributed by atoms with Crippen LogP contribution in [0.3, 0.4) is 0 Å². The fraction of sp³-hybridized carbons (Fsp3) is 0.400. The zero-order chi connectivity index (χ0) is 12.1. The molecule has 0 aliphatic heterocycles. The number of rotatable bonds is 4. The highest BCUT2D eigenvalue weighted by Gasteiger charge is 2.20. The van der Waals surface area contributed by atoms with Crippen LogP contribution in [0, 0.1) is 0 Å². The van der Waals surface area contributed by atoms with Gasteiger partial charge in [-0.15, -0.1) is 0 Å². The Balaban J connectivity index is 2.62. The van der Waals surface area contributed by atoms with E-state index in [1.807, 2.05) is 22.6 Å². The van der Waals surface area contributed by atoms with Gasteiger partial charge < -0.3 is 5.32 Å². The average molecular weight is 333 g/mol. The van der Waals surface area contributed by atoms with E-state index < -0.39 is 6.04 Å². The minimum absolute atomic E-state index is 0.0159. The molecule has 0 aliphatic carbocycles. The average Bonchev–Trinajstić information content (AvgIpc) is 2.28. The number of hydrogen-bond acceptors (Lipinski definition) is 4. The molecule has 1 aromatic rings. The van der Waals surface area contributed by atoms with E-state index in [4.69, 9.17) is 0 Å². The first-order valence-electron chi connectivity index (χ1n) is 4.77. The van der Waals surface area contributed by atoms with E-state index in [1.165, 1.54) is 18.6 Å². The van der Waals surface area contributed by atoms with E-state index in [-0.39, 0.29) is 21.3 Å². The van der Waals surface area contributed by atoms with Crippen molar-refractivity contribution in [3.8, 4) is 0 Å². The normalized spacial score (nSPS) is 13.9. The largest absolute Gasteiger partial charge is 0.341 e. The molecular weight excluding hydrogens is 321 g/mol. The zero-order valence-corrected chi connectivity index (χ0v) is 11.1. The van der Waals surface area contributed by atoms with Gasteiger partial charge in [-0.05, 0) is 13.8 Å². The number of Topliss-reactive ketones (excluding diaryl/α,β-unsaturated/α-hetero) is 1. The third-order valence-electron chi connectivity index (χ3n) is 1.96. The van der Waals surface area contributed by atoms with Crippen molar-refractivity contribution in [2.75, 3.05) is 0 Å².